The number of hydrogen-bond acceptors (Lipinski definition) is 3. The lowest BCUT2D eigenvalue weighted by molar-refractivity contribution is 0.0315. The Bertz CT molecular complexity index is 348. The zero-order valence-corrected chi connectivity index (χ0v) is 11.2. The monoisotopic (exact) mass is 251 g/mol. The van der Waals surface area contributed by atoms with Crippen LogP contribution in [0.1, 0.15) is 37.8 Å². The minimum absolute atomic E-state index is 0.112. The average Bonchev–Trinajstić information content (AvgIpc) is 2.38. The van der Waals surface area contributed by atoms with Gasteiger partial charge in [0.25, 0.3) is 0 Å². The molecule has 1 heterocycles. The summed E-state index contributed by atoms with van der Waals surface area (Å²) in [5.41, 5.74) is 7.10. The molecule has 1 aromatic carbocycles. The van der Waals surface area contributed by atoms with E-state index >= 15 is 0 Å². The van der Waals surface area contributed by atoms with Crippen molar-refractivity contribution in [3.8, 4) is 0 Å². The van der Waals surface area contributed by atoms with E-state index in [1.807, 2.05) is 18.7 Å². The van der Waals surface area contributed by atoms with E-state index in [2.05, 4.69) is 24.3 Å². The van der Waals surface area contributed by atoms with Crippen molar-refractivity contribution in [1.82, 2.24) is 0 Å². The molecular formula is C14H21NOS. The van der Waals surface area contributed by atoms with Gasteiger partial charge in [-0.25, -0.2) is 0 Å². The Hall–Kier alpha value is -0.510. The minimum atomic E-state index is 0.112. The van der Waals surface area contributed by atoms with E-state index in [1.165, 1.54) is 29.7 Å². The summed E-state index contributed by atoms with van der Waals surface area (Å²) in [4.78, 5) is 1.30. The smallest absolute Gasteiger partial charge is 0.0669 e. The molecule has 94 valence electrons. The Kier molecular flexibility index (Phi) is 4.89. The number of nitrogens with two attached hydrogens (primary N) is 1. The van der Waals surface area contributed by atoms with Crippen molar-refractivity contribution in [3.63, 3.8) is 0 Å². The SMILES string of the molecule is CC(N)c1cccc(SCC2CCCCO2)c1. The lowest BCUT2D eigenvalue weighted by Gasteiger charge is -2.22. The molecule has 1 fully saturated rings. The predicted molar refractivity (Wildman–Crippen MR) is 73.4 cm³/mol. The normalized spacial score (nSPS) is 22.4. The zero-order chi connectivity index (χ0) is 12.1. The quantitative estimate of drug-likeness (QED) is 0.833. The topological polar surface area (TPSA) is 35.2 Å². The van der Waals surface area contributed by atoms with Crippen LogP contribution in [0, 0.1) is 0 Å². The Morgan fingerprint density at radius 2 is 2.35 bits per heavy atom. The highest BCUT2D eigenvalue weighted by molar-refractivity contribution is 7.99. The van der Waals surface area contributed by atoms with Crippen LogP contribution in [0.5, 0.6) is 0 Å². The molecule has 1 saturated heterocycles. The molecule has 3 heteroatoms. The molecule has 2 N–H and O–H groups in total. The van der Waals surface area contributed by atoms with Crippen LogP contribution in [-0.2, 0) is 4.74 Å². The highest BCUT2D eigenvalue weighted by Gasteiger charge is 2.14. The van der Waals surface area contributed by atoms with Gasteiger partial charge in [-0.05, 0) is 43.9 Å². The maximum atomic E-state index is 5.89. The van der Waals surface area contributed by atoms with E-state index in [1.54, 1.807) is 0 Å². The summed E-state index contributed by atoms with van der Waals surface area (Å²) in [6, 6.07) is 8.63. The van der Waals surface area contributed by atoms with Gasteiger partial charge >= 0.3 is 0 Å². The van der Waals surface area contributed by atoms with Gasteiger partial charge in [-0.1, -0.05) is 12.1 Å². The number of benzene rings is 1. The lowest BCUT2D eigenvalue weighted by atomic mass is 10.1. The highest BCUT2D eigenvalue weighted by Crippen LogP contribution is 2.25. The molecule has 0 aliphatic carbocycles. The molecule has 0 spiro atoms. The third-order valence-electron chi connectivity index (χ3n) is 3.09. The second kappa shape index (κ2) is 6.43. The summed E-state index contributed by atoms with van der Waals surface area (Å²) in [5, 5.41) is 0. The van der Waals surface area contributed by atoms with E-state index in [-0.39, 0.29) is 6.04 Å². The Labute approximate surface area is 108 Å². The fraction of sp³-hybridized carbons (Fsp3) is 0.571. The zero-order valence-electron chi connectivity index (χ0n) is 10.4. The predicted octanol–water partition coefficient (Wildman–Crippen LogP) is 3.37. The van der Waals surface area contributed by atoms with Crippen LogP contribution in [0.25, 0.3) is 0 Å². The second-order valence-electron chi connectivity index (χ2n) is 4.66. The van der Waals surface area contributed by atoms with Gasteiger partial charge in [0.1, 0.15) is 0 Å². The number of hydrogen-bond donors (Lipinski definition) is 1. The van der Waals surface area contributed by atoms with E-state index in [0.29, 0.717) is 6.10 Å². The standard InChI is InChI=1S/C14H21NOS/c1-11(15)12-5-4-7-14(9-12)17-10-13-6-2-3-8-16-13/h4-5,7,9,11,13H,2-3,6,8,10,15H2,1H3. The molecule has 0 aromatic heterocycles. The molecule has 0 bridgehead atoms. The van der Waals surface area contributed by atoms with Crippen molar-refractivity contribution in [2.75, 3.05) is 12.4 Å². The van der Waals surface area contributed by atoms with Gasteiger partial charge in [-0.2, -0.15) is 0 Å². The number of rotatable bonds is 4. The summed E-state index contributed by atoms with van der Waals surface area (Å²) >= 11 is 1.88. The molecule has 0 radical (unpaired) electrons. The summed E-state index contributed by atoms with van der Waals surface area (Å²) in [6.07, 6.45) is 4.18. The summed E-state index contributed by atoms with van der Waals surface area (Å²) in [5.74, 6) is 1.06. The third kappa shape index (κ3) is 4.02. The van der Waals surface area contributed by atoms with Crippen LogP contribution in [0.3, 0.4) is 0 Å². The molecule has 17 heavy (non-hydrogen) atoms. The highest BCUT2D eigenvalue weighted by atomic mass is 32.2. The van der Waals surface area contributed by atoms with Crippen molar-refractivity contribution in [1.29, 1.82) is 0 Å². The summed E-state index contributed by atoms with van der Waals surface area (Å²) in [6.45, 7) is 2.96. The van der Waals surface area contributed by atoms with E-state index in [9.17, 15) is 0 Å². The molecule has 0 amide bonds. The lowest BCUT2D eigenvalue weighted by Crippen LogP contribution is -2.21. The number of ether oxygens (including phenoxy) is 1. The summed E-state index contributed by atoms with van der Waals surface area (Å²) in [7, 11) is 0. The van der Waals surface area contributed by atoms with Gasteiger partial charge in [0, 0.05) is 23.3 Å². The van der Waals surface area contributed by atoms with Crippen molar-refractivity contribution in [2.45, 2.75) is 43.2 Å². The third-order valence-corrected chi connectivity index (χ3v) is 4.22. The van der Waals surface area contributed by atoms with E-state index in [4.69, 9.17) is 10.5 Å². The van der Waals surface area contributed by atoms with Crippen LogP contribution in [0.4, 0.5) is 0 Å². The molecule has 2 rings (SSSR count). The van der Waals surface area contributed by atoms with Gasteiger partial charge in [0.2, 0.25) is 0 Å². The van der Waals surface area contributed by atoms with E-state index in [0.717, 1.165) is 12.4 Å². The molecule has 2 nitrogen and oxygen atoms in total. The second-order valence-corrected chi connectivity index (χ2v) is 5.75. The first-order valence-electron chi connectivity index (χ1n) is 6.35. The maximum absolute atomic E-state index is 5.89. The van der Waals surface area contributed by atoms with Crippen LogP contribution >= 0.6 is 11.8 Å². The average molecular weight is 251 g/mol. The fourth-order valence-electron chi connectivity index (χ4n) is 2.02. The van der Waals surface area contributed by atoms with Crippen molar-refractivity contribution in [2.24, 2.45) is 5.73 Å². The number of thioether (sulfide) groups is 1. The Morgan fingerprint density at radius 1 is 1.47 bits per heavy atom. The molecule has 2 atom stereocenters. The summed E-state index contributed by atoms with van der Waals surface area (Å²) < 4.78 is 5.73. The van der Waals surface area contributed by atoms with Gasteiger partial charge in [-0.15, -0.1) is 11.8 Å². The van der Waals surface area contributed by atoms with Crippen molar-refractivity contribution in [3.05, 3.63) is 29.8 Å². The van der Waals surface area contributed by atoms with Crippen LogP contribution in [-0.4, -0.2) is 18.5 Å². The van der Waals surface area contributed by atoms with Crippen molar-refractivity contribution >= 4 is 11.8 Å². The molecule has 1 aliphatic heterocycles. The van der Waals surface area contributed by atoms with Crippen molar-refractivity contribution < 1.29 is 4.74 Å². The first-order valence-corrected chi connectivity index (χ1v) is 7.34. The Morgan fingerprint density at radius 3 is 3.06 bits per heavy atom. The minimum Gasteiger partial charge on any atom is -0.377 e. The van der Waals surface area contributed by atoms with Gasteiger partial charge < -0.3 is 10.5 Å². The Balaban J connectivity index is 1.87. The van der Waals surface area contributed by atoms with E-state index < -0.39 is 0 Å². The van der Waals surface area contributed by atoms with Gasteiger partial charge in [-0.3, -0.25) is 0 Å². The molecular weight excluding hydrogens is 230 g/mol. The van der Waals surface area contributed by atoms with Gasteiger partial charge in [0.15, 0.2) is 0 Å². The molecule has 1 aliphatic rings. The first kappa shape index (κ1) is 12.9. The van der Waals surface area contributed by atoms with Gasteiger partial charge in [0.05, 0.1) is 6.10 Å². The first-order chi connectivity index (χ1) is 8.25. The maximum Gasteiger partial charge on any atom is 0.0669 e. The molecule has 0 saturated carbocycles. The largest absolute Gasteiger partial charge is 0.377 e. The fourth-order valence-corrected chi connectivity index (χ4v) is 3.05. The molecule has 1 aromatic rings. The van der Waals surface area contributed by atoms with Crippen LogP contribution in [0.15, 0.2) is 29.2 Å². The molecule has 2 unspecified atom stereocenters. The van der Waals surface area contributed by atoms with Crippen LogP contribution in [0.2, 0.25) is 0 Å². The van der Waals surface area contributed by atoms with Crippen LogP contribution < -0.4 is 5.73 Å².